The number of piperidine rings is 1. The molecule has 5 nitrogen and oxygen atoms in total. The van der Waals surface area contributed by atoms with E-state index in [2.05, 4.69) is 5.32 Å². The van der Waals surface area contributed by atoms with Gasteiger partial charge in [0.25, 0.3) is 5.91 Å². The molecule has 1 saturated heterocycles. The summed E-state index contributed by atoms with van der Waals surface area (Å²) < 4.78 is 0. The highest BCUT2D eigenvalue weighted by molar-refractivity contribution is 6.30. The lowest BCUT2D eigenvalue weighted by molar-refractivity contribution is -0.131. The van der Waals surface area contributed by atoms with Crippen LogP contribution in [0.3, 0.4) is 0 Å². The van der Waals surface area contributed by atoms with Gasteiger partial charge in [-0.15, -0.1) is 11.6 Å². The zero-order valence-corrected chi connectivity index (χ0v) is 12.6. The van der Waals surface area contributed by atoms with Crippen molar-refractivity contribution < 1.29 is 14.7 Å². The Morgan fingerprint density at radius 1 is 1.33 bits per heavy atom. The number of amides is 2. The van der Waals surface area contributed by atoms with Gasteiger partial charge in [-0.2, -0.15) is 0 Å². The zero-order chi connectivity index (χ0) is 15.4. The van der Waals surface area contributed by atoms with Gasteiger partial charge in [-0.3, -0.25) is 9.59 Å². The van der Waals surface area contributed by atoms with Crippen LogP contribution in [-0.4, -0.2) is 46.3 Å². The summed E-state index contributed by atoms with van der Waals surface area (Å²) in [5.74, 6) is -0.385. The maximum atomic E-state index is 12.1. The summed E-state index contributed by atoms with van der Waals surface area (Å²) in [6.45, 7) is 2.83. The van der Waals surface area contributed by atoms with E-state index in [1.54, 1.807) is 30.0 Å². The molecule has 0 saturated carbocycles. The first-order valence-corrected chi connectivity index (χ1v) is 7.44. The minimum Gasteiger partial charge on any atom is -0.507 e. The molecular formula is C15H19ClN2O3. The van der Waals surface area contributed by atoms with E-state index < -0.39 is 5.38 Å². The van der Waals surface area contributed by atoms with Crippen molar-refractivity contribution in [3.05, 3.63) is 29.8 Å². The van der Waals surface area contributed by atoms with E-state index in [4.69, 9.17) is 11.6 Å². The molecule has 2 amide bonds. The predicted octanol–water partition coefficient (Wildman–Crippen LogP) is 1.74. The van der Waals surface area contributed by atoms with Gasteiger partial charge in [0, 0.05) is 19.1 Å². The molecule has 0 spiro atoms. The molecule has 21 heavy (non-hydrogen) atoms. The molecule has 0 radical (unpaired) electrons. The van der Waals surface area contributed by atoms with Crippen molar-refractivity contribution in [2.45, 2.75) is 31.2 Å². The minimum absolute atomic E-state index is 0.00628. The number of nitrogens with zero attached hydrogens (tertiary/aromatic N) is 1. The summed E-state index contributed by atoms with van der Waals surface area (Å²) in [4.78, 5) is 25.6. The van der Waals surface area contributed by atoms with E-state index in [1.165, 1.54) is 6.07 Å². The number of phenolic OH excluding ortho intramolecular Hbond substituents is 1. The van der Waals surface area contributed by atoms with Gasteiger partial charge < -0.3 is 15.3 Å². The summed E-state index contributed by atoms with van der Waals surface area (Å²) in [5.41, 5.74) is 0.269. The highest BCUT2D eigenvalue weighted by atomic mass is 35.5. The van der Waals surface area contributed by atoms with E-state index >= 15 is 0 Å². The first-order chi connectivity index (χ1) is 9.99. The van der Waals surface area contributed by atoms with Crippen molar-refractivity contribution in [3.8, 4) is 5.75 Å². The molecule has 1 fully saturated rings. The van der Waals surface area contributed by atoms with Gasteiger partial charge in [-0.05, 0) is 31.9 Å². The van der Waals surface area contributed by atoms with Gasteiger partial charge in [0.15, 0.2) is 0 Å². The Balaban J connectivity index is 1.88. The summed E-state index contributed by atoms with van der Waals surface area (Å²) in [7, 11) is 0. The Labute approximate surface area is 128 Å². The monoisotopic (exact) mass is 310 g/mol. The third-order valence-electron chi connectivity index (χ3n) is 3.63. The lowest BCUT2D eigenvalue weighted by Gasteiger charge is -2.33. The van der Waals surface area contributed by atoms with E-state index in [0.717, 1.165) is 0 Å². The third-order valence-corrected chi connectivity index (χ3v) is 3.82. The first-order valence-electron chi connectivity index (χ1n) is 7.00. The highest BCUT2D eigenvalue weighted by Gasteiger charge is 2.26. The maximum absolute atomic E-state index is 12.1. The van der Waals surface area contributed by atoms with Crippen molar-refractivity contribution in [1.82, 2.24) is 10.2 Å². The molecule has 1 atom stereocenters. The number of aromatic hydroxyl groups is 1. The molecule has 0 aliphatic carbocycles. The number of hydrogen-bond acceptors (Lipinski definition) is 3. The molecule has 1 aromatic rings. The van der Waals surface area contributed by atoms with Crippen LogP contribution in [-0.2, 0) is 4.79 Å². The van der Waals surface area contributed by atoms with Crippen LogP contribution in [0.4, 0.5) is 0 Å². The number of alkyl halides is 1. The molecule has 2 rings (SSSR count). The topological polar surface area (TPSA) is 69.6 Å². The van der Waals surface area contributed by atoms with Crippen LogP contribution in [0.5, 0.6) is 5.75 Å². The summed E-state index contributed by atoms with van der Waals surface area (Å²) in [6, 6.07) is 6.45. The van der Waals surface area contributed by atoms with Crippen molar-refractivity contribution in [1.29, 1.82) is 0 Å². The van der Waals surface area contributed by atoms with Gasteiger partial charge in [0.05, 0.1) is 5.56 Å². The number of carbonyl (C=O) groups is 2. The second-order valence-electron chi connectivity index (χ2n) is 5.21. The average Bonchev–Trinajstić information content (AvgIpc) is 2.47. The van der Waals surface area contributed by atoms with Crippen molar-refractivity contribution in [2.75, 3.05) is 13.1 Å². The fraction of sp³-hybridized carbons (Fsp3) is 0.467. The van der Waals surface area contributed by atoms with Crippen molar-refractivity contribution in [2.24, 2.45) is 0 Å². The highest BCUT2D eigenvalue weighted by Crippen LogP contribution is 2.17. The van der Waals surface area contributed by atoms with Crippen LogP contribution >= 0.6 is 11.6 Å². The molecule has 1 aromatic carbocycles. The number of halogens is 1. The van der Waals surface area contributed by atoms with Gasteiger partial charge in [0.1, 0.15) is 11.1 Å². The fourth-order valence-electron chi connectivity index (χ4n) is 2.42. The van der Waals surface area contributed by atoms with Crippen LogP contribution in [0.1, 0.15) is 30.1 Å². The van der Waals surface area contributed by atoms with Crippen LogP contribution in [0.15, 0.2) is 24.3 Å². The second-order valence-corrected chi connectivity index (χ2v) is 5.86. The Kier molecular flexibility index (Phi) is 5.07. The lowest BCUT2D eigenvalue weighted by atomic mass is 10.0. The predicted molar refractivity (Wildman–Crippen MR) is 80.5 cm³/mol. The summed E-state index contributed by atoms with van der Waals surface area (Å²) in [5, 5.41) is 12.0. The molecule has 1 aliphatic heterocycles. The van der Waals surface area contributed by atoms with Gasteiger partial charge in [-0.25, -0.2) is 0 Å². The third kappa shape index (κ3) is 3.88. The molecule has 114 valence electrons. The van der Waals surface area contributed by atoms with Crippen molar-refractivity contribution in [3.63, 3.8) is 0 Å². The van der Waals surface area contributed by atoms with Crippen LogP contribution < -0.4 is 5.32 Å². The maximum Gasteiger partial charge on any atom is 0.255 e. The number of hydrogen-bond donors (Lipinski definition) is 2. The number of phenols is 1. The number of para-hydroxylation sites is 1. The van der Waals surface area contributed by atoms with Crippen LogP contribution in [0, 0.1) is 0 Å². The normalized spacial score (nSPS) is 17.3. The molecule has 0 bridgehead atoms. The SMILES string of the molecule is CC(Cl)C(=O)N1CCC(NC(=O)c2ccccc2O)CC1. The molecule has 1 aliphatic rings. The Morgan fingerprint density at radius 2 is 1.95 bits per heavy atom. The van der Waals surface area contributed by atoms with Crippen molar-refractivity contribution >= 4 is 23.4 Å². The summed E-state index contributed by atoms with van der Waals surface area (Å²) in [6.07, 6.45) is 1.38. The van der Waals surface area contributed by atoms with E-state index in [-0.39, 0.29) is 29.2 Å². The second kappa shape index (κ2) is 6.80. The molecule has 1 unspecified atom stereocenters. The smallest absolute Gasteiger partial charge is 0.255 e. The van der Waals surface area contributed by atoms with E-state index in [0.29, 0.717) is 25.9 Å². The number of nitrogens with one attached hydrogen (secondary N) is 1. The van der Waals surface area contributed by atoms with E-state index in [9.17, 15) is 14.7 Å². The zero-order valence-electron chi connectivity index (χ0n) is 11.9. The minimum atomic E-state index is -0.516. The molecule has 2 N–H and O–H groups in total. The molecule has 0 aromatic heterocycles. The quantitative estimate of drug-likeness (QED) is 0.836. The lowest BCUT2D eigenvalue weighted by Crippen LogP contribution is -2.48. The van der Waals surface area contributed by atoms with Gasteiger partial charge >= 0.3 is 0 Å². The van der Waals surface area contributed by atoms with Gasteiger partial charge in [-0.1, -0.05) is 12.1 Å². The molecular weight excluding hydrogens is 292 g/mol. The van der Waals surface area contributed by atoms with Crippen LogP contribution in [0.25, 0.3) is 0 Å². The van der Waals surface area contributed by atoms with Gasteiger partial charge in [0.2, 0.25) is 5.91 Å². The fourth-order valence-corrected chi connectivity index (χ4v) is 2.56. The molecule has 6 heteroatoms. The standard InChI is InChI=1S/C15H19ClN2O3/c1-10(16)15(21)18-8-6-11(7-9-18)17-14(20)12-4-2-3-5-13(12)19/h2-5,10-11,19H,6-9H2,1H3,(H,17,20). The Bertz CT molecular complexity index is 525. The number of benzene rings is 1. The van der Waals surface area contributed by atoms with Crippen LogP contribution in [0.2, 0.25) is 0 Å². The Morgan fingerprint density at radius 3 is 2.52 bits per heavy atom. The Hall–Kier alpha value is -1.75. The number of likely N-dealkylation sites (tertiary alicyclic amines) is 1. The number of rotatable bonds is 3. The molecule has 1 heterocycles. The largest absolute Gasteiger partial charge is 0.507 e. The van der Waals surface area contributed by atoms with E-state index in [1.807, 2.05) is 0 Å². The first kappa shape index (κ1) is 15.6. The average molecular weight is 311 g/mol. The number of carbonyl (C=O) groups excluding carboxylic acids is 2. The summed E-state index contributed by atoms with van der Waals surface area (Å²) >= 11 is 5.79.